The highest BCUT2D eigenvalue weighted by molar-refractivity contribution is 6.09. The Morgan fingerprint density at radius 2 is 1.68 bits per heavy atom. The fraction of sp³-hybridized carbons (Fsp3) is 0.321. The largest absolute Gasteiger partial charge is 0.497 e. The van der Waals surface area contributed by atoms with Gasteiger partial charge in [-0.25, -0.2) is 0 Å². The number of rotatable bonds is 7. The van der Waals surface area contributed by atoms with E-state index >= 15 is 0 Å². The van der Waals surface area contributed by atoms with Gasteiger partial charge in [0.1, 0.15) is 17.5 Å². The summed E-state index contributed by atoms with van der Waals surface area (Å²) in [5, 5.41) is 3.23. The standard InChI is InChI=1S/C28H31N3O3/c1-20-11-15-23(16-12-20)31(28(33)25-10-6-7-19-29-25)26(21-13-17-24(34-2)18-14-21)27(32)30-22-8-4-3-5-9-22/h6-7,10-19,22,26H,3-5,8-9H2,1-2H3,(H,30,32). The van der Waals surface area contributed by atoms with Crippen LogP contribution < -0.4 is 15.0 Å². The molecule has 176 valence electrons. The second-order valence-electron chi connectivity index (χ2n) is 8.74. The molecular formula is C28H31N3O3. The molecule has 1 fully saturated rings. The summed E-state index contributed by atoms with van der Waals surface area (Å²) in [4.78, 5) is 33.5. The van der Waals surface area contributed by atoms with Gasteiger partial charge in [0.05, 0.1) is 7.11 Å². The second-order valence-corrected chi connectivity index (χ2v) is 8.74. The topological polar surface area (TPSA) is 71.5 Å². The molecule has 0 bridgehead atoms. The lowest BCUT2D eigenvalue weighted by Gasteiger charge is -2.33. The number of hydrogen-bond acceptors (Lipinski definition) is 4. The van der Waals surface area contributed by atoms with Crippen molar-refractivity contribution < 1.29 is 14.3 Å². The van der Waals surface area contributed by atoms with E-state index in [9.17, 15) is 9.59 Å². The second kappa shape index (κ2) is 11.0. The number of aromatic nitrogens is 1. The lowest BCUT2D eigenvalue weighted by atomic mass is 9.94. The minimum Gasteiger partial charge on any atom is -0.497 e. The summed E-state index contributed by atoms with van der Waals surface area (Å²) in [5.41, 5.74) is 2.70. The van der Waals surface area contributed by atoms with Crippen molar-refractivity contribution in [3.63, 3.8) is 0 Å². The lowest BCUT2D eigenvalue weighted by molar-refractivity contribution is -0.123. The number of pyridine rings is 1. The van der Waals surface area contributed by atoms with E-state index in [1.165, 1.54) is 6.42 Å². The van der Waals surface area contributed by atoms with Crippen LogP contribution in [-0.2, 0) is 4.79 Å². The van der Waals surface area contributed by atoms with Crippen molar-refractivity contribution in [2.75, 3.05) is 12.0 Å². The maximum absolute atomic E-state index is 13.8. The zero-order valence-electron chi connectivity index (χ0n) is 19.7. The molecule has 1 N–H and O–H groups in total. The number of hydrogen-bond donors (Lipinski definition) is 1. The molecule has 1 unspecified atom stereocenters. The number of carbonyl (C=O) groups is 2. The normalized spacial score (nSPS) is 14.8. The average Bonchev–Trinajstić information content (AvgIpc) is 2.89. The number of carbonyl (C=O) groups excluding carboxylic acids is 2. The first kappa shape index (κ1) is 23.5. The van der Waals surface area contributed by atoms with Gasteiger partial charge in [-0.1, -0.05) is 55.2 Å². The molecule has 1 aromatic heterocycles. The van der Waals surface area contributed by atoms with E-state index < -0.39 is 6.04 Å². The summed E-state index contributed by atoms with van der Waals surface area (Å²) in [6, 6.07) is 19.4. The Bertz CT molecular complexity index is 1090. The molecule has 0 radical (unpaired) electrons. The van der Waals surface area contributed by atoms with Crippen LogP contribution in [0.25, 0.3) is 0 Å². The highest BCUT2D eigenvalue weighted by Crippen LogP contribution is 2.31. The molecule has 2 aromatic carbocycles. The van der Waals surface area contributed by atoms with Crippen LogP contribution in [0, 0.1) is 6.92 Å². The number of aryl methyl sites for hydroxylation is 1. The fourth-order valence-electron chi connectivity index (χ4n) is 4.43. The van der Waals surface area contributed by atoms with Gasteiger partial charge in [0.15, 0.2) is 0 Å². The number of benzene rings is 2. The van der Waals surface area contributed by atoms with Gasteiger partial charge in [-0.15, -0.1) is 0 Å². The van der Waals surface area contributed by atoms with Gasteiger partial charge in [-0.3, -0.25) is 19.5 Å². The van der Waals surface area contributed by atoms with Gasteiger partial charge < -0.3 is 10.1 Å². The van der Waals surface area contributed by atoms with E-state index in [0.29, 0.717) is 17.0 Å². The Hall–Kier alpha value is -3.67. The Morgan fingerprint density at radius 1 is 0.971 bits per heavy atom. The molecule has 0 spiro atoms. The number of amides is 2. The zero-order valence-corrected chi connectivity index (χ0v) is 19.7. The minimum absolute atomic E-state index is 0.117. The molecular weight excluding hydrogens is 426 g/mol. The van der Waals surface area contributed by atoms with Crippen LogP contribution >= 0.6 is 0 Å². The maximum atomic E-state index is 13.8. The molecule has 0 saturated heterocycles. The first-order valence-corrected chi connectivity index (χ1v) is 11.8. The molecule has 1 atom stereocenters. The first-order chi connectivity index (χ1) is 16.6. The average molecular weight is 458 g/mol. The van der Waals surface area contributed by atoms with Crippen molar-refractivity contribution in [3.05, 3.63) is 89.7 Å². The molecule has 0 aliphatic heterocycles. The molecule has 1 saturated carbocycles. The van der Waals surface area contributed by atoms with Gasteiger partial charge in [-0.05, 0) is 61.7 Å². The van der Waals surface area contributed by atoms with Gasteiger partial charge in [0.25, 0.3) is 5.91 Å². The predicted molar refractivity (Wildman–Crippen MR) is 133 cm³/mol. The van der Waals surface area contributed by atoms with E-state index in [1.807, 2.05) is 55.5 Å². The highest BCUT2D eigenvalue weighted by Gasteiger charge is 2.35. The van der Waals surface area contributed by atoms with Gasteiger partial charge >= 0.3 is 0 Å². The Labute approximate surface area is 201 Å². The summed E-state index contributed by atoms with van der Waals surface area (Å²) in [6.07, 6.45) is 6.91. The van der Waals surface area contributed by atoms with Crippen LogP contribution in [0.5, 0.6) is 5.75 Å². The molecule has 4 rings (SSSR count). The molecule has 3 aromatic rings. The summed E-state index contributed by atoms with van der Waals surface area (Å²) in [5.74, 6) is 0.166. The maximum Gasteiger partial charge on any atom is 0.277 e. The van der Waals surface area contributed by atoms with Crippen LogP contribution in [-0.4, -0.2) is 29.9 Å². The zero-order chi connectivity index (χ0) is 23.9. The predicted octanol–water partition coefficient (Wildman–Crippen LogP) is 5.24. The number of ether oxygens (including phenoxy) is 1. The van der Waals surface area contributed by atoms with Crippen molar-refractivity contribution in [2.45, 2.75) is 51.1 Å². The highest BCUT2D eigenvalue weighted by atomic mass is 16.5. The summed E-state index contributed by atoms with van der Waals surface area (Å²) < 4.78 is 5.31. The van der Waals surface area contributed by atoms with Gasteiger partial charge in [0, 0.05) is 17.9 Å². The SMILES string of the molecule is COc1ccc(C(C(=O)NC2CCCCC2)N(C(=O)c2ccccn2)c2ccc(C)cc2)cc1. The monoisotopic (exact) mass is 457 g/mol. The van der Waals surface area contributed by atoms with E-state index in [0.717, 1.165) is 31.2 Å². The van der Waals surface area contributed by atoms with Crippen molar-refractivity contribution in [1.29, 1.82) is 0 Å². The van der Waals surface area contributed by atoms with Crippen LogP contribution in [0.15, 0.2) is 72.9 Å². The van der Waals surface area contributed by atoms with Crippen molar-refractivity contribution in [1.82, 2.24) is 10.3 Å². The minimum atomic E-state index is -0.856. The van der Waals surface area contributed by atoms with Crippen LogP contribution in [0.4, 0.5) is 5.69 Å². The van der Waals surface area contributed by atoms with Crippen LogP contribution in [0.3, 0.4) is 0 Å². The van der Waals surface area contributed by atoms with Gasteiger partial charge in [0.2, 0.25) is 5.91 Å². The van der Waals surface area contributed by atoms with Crippen LogP contribution in [0.2, 0.25) is 0 Å². The molecule has 34 heavy (non-hydrogen) atoms. The van der Waals surface area contributed by atoms with E-state index in [1.54, 1.807) is 36.4 Å². The summed E-state index contributed by atoms with van der Waals surface area (Å²) in [7, 11) is 1.60. The third-order valence-electron chi connectivity index (χ3n) is 6.30. The molecule has 1 heterocycles. The number of nitrogens with one attached hydrogen (secondary N) is 1. The number of nitrogens with zero attached hydrogens (tertiary/aromatic N) is 2. The Morgan fingerprint density at radius 3 is 2.29 bits per heavy atom. The van der Waals surface area contributed by atoms with E-state index in [4.69, 9.17) is 4.74 Å². The summed E-state index contributed by atoms with van der Waals surface area (Å²) in [6.45, 7) is 1.99. The smallest absolute Gasteiger partial charge is 0.277 e. The third kappa shape index (κ3) is 5.45. The van der Waals surface area contributed by atoms with Crippen LogP contribution in [0.1, 0.15) is 59.8 Å². The van der Waals surface area contributed by atoms with E-state index in [-0.39, 0.29) is 23.6 Å². The quantitative estimate of drug-likeness (QED) is 0.527. The Kier molecular flexibility index (Phi) is 7.58. The lowest BCUT2D eigenvalue weighted by Crippen LogP contribution is -2.47. The molecule has 6 nitrogen and oxygen atoms in total. The molecule has 2 amide bonds. The van der Waals surface area contributed by atoms with Crippen molar-refractivity contribution in [2.24, 2.45) is 0 Å². The van der Waals surface area contributed by atoms with E-state index in [2.05, 4.69) is 10.3 Å². The third-order valence-corrected chi connectivity index (χ3v) is 6.30. The molecule has 6 heteroatoms. The van der Waals surface area contributed by atoms with Gasteiger partial charge in [-0.2, -0.15) is 0 Å². The Balaban J connectivity index is 1.79. The summed E-state index contributed by atoms with van der Waals surface area (Å²) >= 11 is 0. The number of anilines is 1. The molecule has 1 aliphatic rings. The first-order valence-electron chi connectivity index (χ1n) is 11.8. The van der Waals surface area contributed by atoms with Crippen molar-refractivity contribution in [3.8, 4) is 5.75 Å². The number of methoxy groups -OCH3 is 1. The fourth-order valence-corrected chi connectivity index (χ4v) is 4.43. The van der Waals surface area contributed by atoms with Crippen molar-refractivity contribution >= 4 is 17.5 Å². The molecule has 1 aliphatic carbocycles.